The molecule has 4 heteroatoms. The fourth-order valence-electron chi connectivity index (χ4n) is 1.15. The zero-order valence-electron chi connectivity index (χ0n) is 7.16. The van der Waals surface area contributed by atoms with Gasteiger partial charge in [0.05, 0.1) is 19.0 Å². The van der Waals surface area contributed by atoms with E-state index in [9.17, 15) is 4.39 Å². The maximum absolute atomic E-state index is 12.6. The van der Waals surface area contributed by atoms with Crippen molar-refractivity contribution >= 4 is 0 Å². The summed E-state index contributed by atoms with van der Waals surface area (Å²) in [6.07, 6.45) is 2.69. The van der Waals surface area contributed by atoms with Gasteiger partial charge in [0.15, 0.2) is 0 Å². The molecule has 1 aromatic heterocycles. The zero-order chi connectivity index (χ0) is 9.10. The summed E-state index contributed by atoms with van der Waals surface area (Å²) in [6, 6.07) is 1.35. The number of nitrogens with zero attached hydrogens (tertiary/aromatic N) is 1. The number of rotatable bonds is 3. The second-order valence-corrected chi connectivity index (χ2v) is 3.17. The summed E-state index contributed by atoms with van der Waals surface area (Å²) < 4.78 is 18.0. The molecule has 2 heterocycles. The zero-order valence-corrected chi connectivity index (χ0v) is 7.16. The van der Waals surface area contributed by atoms with Gasteiger partial charge in [-0.3, -0.25) is 4.98 Å². The lowest BCUT2D eigenvalue weighted by atomic mass is 10.1. The summed E-state index contributed by atoms with van der Waals surface area (Å²) >= 11 is 0. The average molecular weight is 182 g/mol. The van der Waals surface area contributed by atoms with Crippen LogP contribution in [0.1, 0.15) is 0 Å². The van der Waals surface area contributed by atoms with Crippen molar-refractivity contribution in [1.29, 1.82) is 0 Å². The van der Waals surface area contributed by atoms with Gasteiger partial charge in [-0.15, -0.1) is 0 Å². The Morgan fingerprint density at radius 1 is 1.54 bits per heavy atom. The van der Waals surface area contributed by atoms with Crippen LogP contribution >= 0.6 is 0 Å². The van der Waals surface area contributed by atoms with Gasteiger partial charge in [0, 0.05) is 25.1 Å². The lowest BCUT2D eigenvalue weighted by Crippen LogP contribution is -2.45. The van der Waals surface area contributed by atoms with Crippen LogP contribution in [0.25, 0.3) is 0 Å². The van der Waals surface area contributed by atoms with Gasteiger partial charge in [-0.1, -0.05) is 0 Å². The van der Waals surface area contributed by atoms with E-state index in [4.69, 9.17) is 4.74 Å². The highest BCUT2D eigenvalue weighted by Crippen LogP contribution is 2.12. The molecule has 1 fully saturated rings. The van der Waals surface area contributed by atoms with Crippen LogP contribution < -0.4 is 10.1 Å². The number of hydrogen-bond acceptors (Lipinski definition) is 3. The molecule has 3 nitrogen and oxygen atoms in total. The highest BCUT2D eigenvalue weighted by molar-refractivity contribution is 5.16. The van der Waals surface area contributed by atoms with Crippen molar-refractivity contribution in [2.45, 2.75) is 0 Å². The van der Waals surface area contributed by atoms with E-state index in [0.29, 0.717) is 18.3 Å². The third-order valence-electron chi connectivity index (χ3n) is 2.03. The van der Waals surface area contributed by atoms with Crippen LogP contribution in [-0.4, -0.2) is 24.7 Å². The number of pyridine rings is 1. The molecule has 0 radical (unpaired) electrons. The Labute approximate surface area is 75.9 Å². The Balaban J connectivity index is 1.86. The first-order valence-electron chi connectivity index (χ1n) is 4.28. The maximum atomic E-state index is 12.6. The minimum atomic E-state index is -0.357. The summed E-state index contributed by atoms with van der Waals surface area (Å²) in [6.45, 7) is 2.61. The Kier molecular flexibility index (Phi) is 2.40. The van der Waals surface area contributed by atoms with Gasteiger partial charge in [-0.2, -0.15) is 0 Å². The van der Waals surface area contributed by atoms with E-state index in [-0.39, 0.29) is 5.82 Å². The van der Waals surface area contributed by atoms with Gasteiger partial charge in [0.25, 0.3) is 0 Å². The molecule has 2 rings (SSSR count). The van der Waals surface area contributed by atoms with E-state index in [0.717, 1.165) is 19.3 Å². The molecule has 70 valence electrons. The van der Waals surface area contributed by atoms with Crippen molar-refractivity contribution in [1.82, 2.24) is 10.3 Å². The van der Waals surface area contributed by atoms with Crippen molar-refractivity contribution in [2.24, 2.45) is 5.92 Å². The molecule has 1 N–H and O–H groups in total. The highest BCUT2D eigenvalue weighted by Gasteiger charge is 2.17. The van der Waals surface area contributed by atoms with Gasteiger partial charge in [0.2, 0.25) is 0 Å². The van der Waals surface area contributed by atoms with Gasteiger partial charge < -0.3 is 10.1 Å². The van der Waals surface area contributed by atoms with Crippen molar-refractivity contribution < 1.29 is 9.13 Å². The van der Waals surface area contributed by atoms with Crippen LogP contribution in [0.3, 0.4) is 0 Å². The summed E-state index contributed by atoms with van der Waals surface area (Å²) in [4.78, 5) is 3.69. The molecule has 0 spiro atoms. The fourth-order valence-corrected chi connectivity index (χ4v) is 1.15. The standard InChI is InChI=1S/C9H11FN2O/c10-8-1-9(5-12-4-8)13-6-7-2-11-3-7/h1,4-5,7,11H,2-3,6H2. The van der Waals surface area contributed by atoms with Crippen molar-refractivity contribution in [3.05, 3.63) is 24.3 Å². The number of ether oxygens (including phenoxy) is 1. The van der Waals surface area contributed by atoms with Crippen LogP contribution in [-0.2, 0) is 0 Å². The molecule has 1 aliphatic heterocycles. The topological polar surface area (TPSA) is 34.1 Å². The quantitative estimate of drug-likeness (QED) is 0.751. The van der Waals surface area contributed by atoms with Gasteiger partial charge >= 0.3 is 0 Å². The molecule has 1 saturated heterocycles. The van der Waals surface area contributed by atoms with Crippen molar-refractivity contribution in [2.75, 3.05) is 19.7 Å². The summed E-state index contributed by atoms with van der Waals surface area (Å²) in [5, 5.41) is 3.14. The maximum Gasteiger partial charge on any atom is 0.145 e. The van der Waals surface area contributed by atoms with Crippen LogP contribution in [0.2, 0.25) is 0 Å². The smallest absolute Gasteiger partial charge is 0.145 e. The van der Waals surface area contributed by atoms with Crippen molar-refractivity contribution in [3.8, 4) is 5.75 Å². The largest absolute Gasteiger partial charge is 0.491 e. The predicted octanol–water partition coefficient (Wildman–Crippen LogP) is 0.819. The first-order chi connectivity index (χ1) is 6.34. The normalized spacial score (nSPS) is 16.7. The Morgan fingerprint density at radius 2 is 2.38 bits per heavy atom. The third kappa shape index (κ3) is 2.15. The van der Waals surface area contributed by atoms with E-state index < -0.39 is 0 Å². The second-order valence-electron chi connectivity index (χ2n) is 3.17. The SMILES string of the molecule is Fc1cncc(OCC2CNC2)c1. The number of hydrogen-bond donors (Lipinski definition) is 1. The molecular weight excluding hydrogens is 171 g/mol. The number of halogens is 1. The lowest BCUT2D eigenvalue weighted by molar-refractivity contribution is 0.198. The Morgan fingerprint density at radius 3 is 3.00 bits per heavy atom. The number of aromatic nitrogens is 1. The molecule has 0 atom stereocenters. The van der Waals surface area contributed by atoms with E-state index in [1.807, 2.05) is 0 Å². The van der Waals surface area contributed by atoms with E-state index >= 15 is 0 Å². The molecule has 0 bridgehead atoms. The first kappa shape index (κ1) is 8.44. The monoisotopic (exact) mass is 182 g/mol. The first-order valence-corrected chi connectivity index (χ1v) is 4.28. The average Bonchev–Trinajstić information content (AvgIpc) is 2.01. The molecule has 0 aromatic carbocycles. The molecular formula is C9H11FN2O. The Hall–Kier alpha value is -1.16. The summed E-state index contributed by atoms with van der Waals surface area (Å²) in [7, 11) is 0. The predicted molar refractivity (Wildman–Crippen MR) is 46.0 cm³/mol. The second kappa shape index (κ2) is 3.70. The lowest BCUT2D eigenvalue weighted by Gasteiger charge is -2.26. The molecule has 1 aliphatic rings. The van der Waals surface area contributed by atoms with E-state index in [1.54, 1.807) is 0 Å². The molecule has 0 aliphatic carbocycles. The van der Waals surface area contributed by atoms with E-state index in [1.165, 1.54) is 12.3 Å². The molecule has 1 aromatic rings. The van der Waals surface area contributed by atoms with Crippen LogP contribution in [0.4, 0.5) is 4.39 Å². The molecule has 0 saturated carbocycles. The summed E-state index contributed by atoms with van der Waals surface area (Å²) in [5.74, 6) is 0.708. The summed E-state index contributed by atoms with van der Waals surface area (Å²) in [5.41, 5.74) is 0. The molecule has 13 heavy (non-hydrogen) atoms. The molecule has 0 unspecified atom stereocenters. The molecule has 0 amide bonds. The van der Waals surface area contributed by atoms with Crippen LogP contribution in [0, 0.1) is 11.7 Å². The van der Waals surface area contributed by atoms with Gasteiger partial charge in [-0.25, -0.2) is 4.39 Å². The van der Waals surface area contributed by atoms with Gasteiger partial charge in [-0.05, 0) is 0 Å². The van der Waals surface area contributed by atoms with Gasteiger partial charge in [0.1, 0.15) is 11.6 Å². The minimum absolute atomic E-state index is 0.357. The minimum Gasteiger partial charge on any atom is -0.491 e. The van der Waals surface area contributed by atoms with E-state index in [2.05, 4.69) is 10.3 Å². The van der Waals surface area contributed by atoms with Crippen LogP contribution in [0.15, 0.2) is 18.5 Å². The fraction of sp³-hybridized carbons (Fsp3) is 0.444. The van der Waals surface area contributed by atoms with Crippen LogP contribution in [0.5, 0.6) is 5.75 Å². The third-order valence-corrected chi connectivity index (χ3v) is 2.03. The number of nitrogens with one attached hydrogen (secondary N) is 1. The van der Waals surface area contributed by atoms with Crippen molar-refractivity contribution in [3.63, 3.8) is 0 Å². The Bertz CT molecular complexity index is 289. The highest BCUT2D eigenvalue weighted by atomic mass is 19.1.